The Hall–Kier alpha value is -0.0800. The van der Waals surface area contributed by atoms with Crippen LogP contribution >= 0.6 is 0 Å². The van der Waals surface area contributed by atoms with Crippen molar-refractivity contribution < 1.29 is 5.11 Å². The third-order valence-corrected chi connectivity index (χ3v) is 2.83. The SMILES string of the molecule is CC.CN(CC(C)(C)O)C1CCCCC1. The third-order valence-electron chi connectivity index (χ3n) is 2.83. The average molecular weight is 215 g/mol. The lowest BCUT2D eigenvalue weighted by molar-refractivity contribution is 0.0253. The van der Waals surface area contributed by atoms with Crippen LogP contribution in [0, 0.1) is 0 Å². The van der Waals surface area contributed by atoms with Gasteiger partial charge in [-0.25, -0.2) is 0 Å². The molecule has 0 aromatic rings. The number of hydrogen-bond acceptors (Lipinski definition) is 2. The minimum atomic E-state index is -0.549. The normalized spacial score (nSPS) is 18.6. The van der Waals surface area contributed by atoms with Gasteiger partial charge < -0.3 is 10.0 Å². The van der Waals surface area contributed by atoms with Crippen LogP contribution in [0.1, 0.15) is 59.8 Å². The van der Waals surface area contributed by atoms with E-state index in [-0.39, 0.29) is 0 Å². The van der Waals surface area contributed by atoms with Crippen molar-refractivity contribution in [3.63, 3.8) is 0 Å². The van der Waals surface area contributed by atoms with Gasteiger partial charge in [0.05, 0.1) is 5.60 Å². The lowest BCUT2D eigenvalue weighted by Gasteiger charge is -2.34. The van der Waals surface area contributed by atoms with Crippen LogP contribution < -0.4 is 0 Å². The molecule has 1 aliphatic carbocycles. The van der Waals surface area contributed by atoms with Crippen LogP contribution in [0.25, 0.3) is 0 Å². The van der Waals surface area contributed by atoms with E-state index < -0.39 is 5.60 Å². The summed E-state index contributed by atoms with van der Waals surface area (Å²) < 4.78 is 0. The van der Waals surface area contributed by atoms with Crippen molar-refractivity contribution in [1.82, 2.24) is 4.90 Å². The van der Waals surface area contributed by atoms with Crippen LogP contribution in [-0.2, 0) is 0 Å². The van der Waals surface area contributed by atoms with Crippen molar-refractivity contribution in [3.05, 3.63) is 0 Å². The second-order valence-corrected chi connectivity index (χ2v) is 5.02. The van der Waals surface area contributed by atoms with E-state index in [2.05, 4.69) is 11.9 Å². The zero-order valence-corrected chi connectivity index (χ0v) is 11.2. The van der Waals surface area contributed by atoms with Gasteiger partial charge in [0.2, 0.25) is 0 Å². The summed E-state index contributed by atoms with van der Waals surface area (Å²) in [5, 5.41) is 9.68. The van der Waals surface area contributed by atoms with Gasteiger partial charge in [-0.2, -0.15) is 0 Å². The molecule has 0 saturated heterocycles. The van der Waals surface area contributed by atoms with Crippen molar-refractivity contribution in [2.45, 2.75) is 71.4 Å². The van der Waals surface area contributed by atoms with E-state index in [0.717, 1.165) is 6.54 Å². The summed E-state index contributed by atoms with van der Waals surface area (Å²) in [5.74, 6) is 0. The van der Waals surface area contributed by atoms with Gasteiger partial charge in [0.25, 0.3) is 0 Å². The minimum absolute atomic E-state index is 0.549. The van der Waals surface area contributed by atoms with E-state index in [0.29, 0.717) is 6.04 Å². The van der Waals surface area contributed by atoms with Crippen LogP contribution in [0.2, 0.25) is 0 Å². The maximum absolute atomic E-state index is 9.68. The van der Waals surface area contributed by atoms with Crippen molar-refractivity contribution in [2.75, 3.05) is 13.6 Å². The standard InChI is InChI=1S/C11H23NO.C2H6/c1-11(2,13)9-12(3)10-7-5-4-6-8-10;1-2/h10,13H,4-9H2,1-3H3;1-2H3. The van der Waals surface area contributed by atoms with Gasteiger partial charge in [-0.15, -0.1) is 0 Å². The topological polar surface area (TPSA) is 23.5 Å². The number of aliphatic hydroxyl groups is 1. The zero-order chi connectivity index (χ0) is 11.9. The molecule has 0 aliphatic heterocycles. The monoisotopic (exact) mass is 215 g/mol. The van der Waals surface area contributed by atoms with Crippen LogP contribution in [0.3, 0.4) is 0 Å². The van der Waals surface area contributed by atoms with E-state index in [1.54, 1.807) is 0 Å². The lowest BCUT2D eigenvalue weighted by atomic mass is 9.93. The minimum Gasteiger partial charge on any atom is -0.389 e. The molecule has 15 heavy (non-hydrogen) atoms. The molecule has 0 unspecified atom stereocenters. The smallest absolute Gasteiger partial charge is 0.0718 e. The fraction of sp³-hybridized carbons (Fsp3) is 1.00. The van der Waals surface area contributed by atoms with E-state index in [4.69, 9.17) is 0 Å². The van der Waals surface area contributed by atoms with E-state index in [1.165, 1.54) is 32.1 Å². The highest BCUT2D eigenvalue weighted by molar-refractivity contribution is 4.78. The molecular formula is C13H29NO. The molecule has 1 fully saturated rings. The number of nitrogens with zero attached hydrogens (tertiary/aromatic N) is 1. The van der Waals surface area contributed by atoms with E-state index in [1.807, 2.05) is 27.7 Å². The van der Waals surface area contributed by atoms with Gasteiger partial charge >= 0.3 is 0 Å². The Morgan fingerprint density at radius 2 is 1.60 bits per heavy atom. The van der Waals surface area contributed by atoms with Crippen molar-refractivity contribution in [3.8, 4) is 0 Å². The van der Waals surface area contributed by atoms with E-state index in [9.17, 15) is 5.11 Å². The number of hydrogen-bond donors (Lipinski definition) is 1. The Bertz CT molecular complexity index is 145. The average Bonchev–Trinajstić information content (AvgIpc) is 2.20. The molecule has 0 radical (unpaired) electrons. The Morgan fingerprint density at radius 1 is 1.13 bits per heavy atom. The Morgan fingerprint density at radius 3 is 2.00 bits per heavy atom. The van der Waals surface area contributed by atoms with Crippen LogP contribution in [0.5, 0.6) is 0 Å². The summed E-state index contributed by atoms with van der Waals surface area (Å²) in [6, 6.07) is 0.708. The summed E-state index contributed by atoms with van der Waals surface area (Å²) in [7, 11) is 2.13. The van der Waals surface area contributed by atoms with E-state index >= 15 is 0 Å². The van der Waals surface area contributed by atoms with Gasteiger partial charge in [0, 0.05) is 12.6 Å². The molecule has 2 heteroatoms. The van der Waals surface area contributed by atoms with Gasteiger partial charge in [-0.1, -0.05) is 33.1 Å². The summed E-state index contributed by atoms with van der Waals surface area (Å²) in [6.07, 6.45) is 6.74. The number of rotatable bonds is 3. The maximum Gasteiger partial charge on any atom is 0.0718 e. The molecule has 0 amide bonds. The first-order valence-corrected chi connectivity index (χ1v) is 6.42. The van der Waals surface area contributed by atoms with Gasteiger partial charge in [0.15, 0.2) is 0 Å². The first-order valence-electron chi connectivity index (χ1n) is 6.42. The van der Waals surface area contributed by atoms with Gasteiger partial charge in [-0.05, 0) is 33.7 Å². The molecule has 0 aromatic carbocycles. The highest BCUT2D eigenvalue weighted by atomic mass is 16.3. The highest BCUT2D eigenvalue weighted by Gasteiger charge is 2.22. The second kappa shape index (κ2) is 7.24. The first kappa shape index (κ1) is 14.9. The third kappa shape index (κ3) is 6.91. The molecule has 1 aliphatic rings. The van der Waals surface area contributed by atoms with Gasteiger partial charge in [0.1, 0.15) is 0 Å². The summed E-state index contributed by atoms with van der Waals surface area (Å²) in [6.45, 7) is 8.55. The predicted octanol–water partition coefficient (Wildman–Crippen LogP) is 3.05. The molecular weight excluding hydrogens is 186 g/mol. The molecule has 1 N–H and O–H groups in total. The Labute approximate surface area is 95.7 Å². The summed E-state index contributed by atoms with van der Waals surface area (Å²) in [5.41, 5.74) is -0.549. The maximum atomic E-state index is 9.68. The van der Waals surface area contributed by atoms with Crippen LogP contribution in [0.15, 0.2) is 0 Å². The van der Waals surface area contributed by atoms with Crippen molar-refractivity contribution in [2.24, 2.45) is 0 Å². The quantitative estimate of drug-likeness (QED) is 0.782. The fourth-order valence-corrected chi connectivity index (χ4v) is 2.26. The fourth-order valence-electron chi connectivity index (χ4n) is 2.26. The lowest BCUT2D eigenvalue weighted by Crippen LogP contribution is -2.42. The molecule has 0 aromatic heterocycles. The summed E-state index contributed by atoms with van der Waals surface area (Å²) in [4.78, 5) is 2.32. The molecule has 2 nitrogen and oxygen atoms in total. The molecule has 0 atom stereocenters. The zero-order valence-electron chi connectivity index (χ0n) is 11.2. The molecule has 0 spiro atoms. The molecule has 1 rings (SSSR count). The Balaban J connectivity index is 0.000000921. The van der Waals surface area contributed by atoms with Crippen molar-refractivity contribution >= 4 is 0 Å². The number of likely N-dealkylation sites (N-methyl/N-ethyl adjacent to an activating group) is 1. The Kier molecular flexibility index (Phi) is 7.20. The molecule has 0 heterocycles. The molecule has 1 saturated carbocycles. The van der Waals surface area contributed by atoms with Crippen LogP contribution in [-0.4, -0.2) is 35.2 Å². The molecule has 92 valence electrons. The predicted molar refractivity (Wildman–Crippen MR) is 67.1 cm³/mol. The highest BCUT2D eigenvalue weighted by Crippen LogP contribution is 2.22. The largest absolute Gasteiger partial charge is 0.389 e. The van der Waals surface area contributed by atoms with Crippen molar-refractivity contribution in [1.29, 1.82) is 0 Å². The molecule has 0 bridgehead atoms. The van der Waals surface area contributed by atoms with Gasteiger partial charge in [-0.3, -0.25) is 0 Å². The van der Waals surface area contributed by atoms with Crippen LogP contribution in [0.4, 0.5) is 0 Å². The second-order valence-electron chi connectivity index (χ2n) is 5.02. The summed E-state index contributed by atoms with van der Waals surface area (Å²) >= 11 is 0. The first-order chi connectivity index (χ1) is 6.99.